The SMILES string of the molecule is O[C@H]1[C@H](O)[C@@H](N(Cc2cccc(CN([C@H]3C=C[C@@H](O)[C@@H](O)[C@@H]3O)[C@H]3C=C[C@@H](O)[C@@H](O)[C@@H]3O)c2)[C@H]2C=C[C@@H](O)[C@@H](O)[C@@H]2O)C=C[C@H]1O. The predicted octanol–water partition coefficient (Wildman–Crippen LogP) is -4.62. The first kappa shape index (κ1) is 34.9. The molecule has 14 nitrogen and oxygen atoms in total. The Morgan fingerprint density at radius 2 is 0.630 bits per heavy atom. The number of hydrogen-bond acceptors (Lipinski definition) is 14. The van der Waals surface area contributed by atoms with Crippen LogP contribution in [0.25, 0.3) is 0 Å². The molecule has 0 amide bonds. The van der Waals surface area contributed by atoms with Crippen LogP contribution < -0.4 is 0 Å². The predicted molar refractivity (Wildman–Crippen MR) is 161 cm³/mol. The van der Waals surface area contributed by atoms with Gasteiger partial charge in [-0.1, -0.05) is 72.9 Å². The summed E-state index contributed by atoms with van der Waals surface area (Å²) in [6, 6.07) is 3.36. The van der Waals surface area contributed by atoms with Crippen molar-refractivity contribution >= 4 is 0 Å². The van der Waals surface area contributed by atoms with Crippen molar-refractivity contribution in [2.45, 2.75) is 111 Å². The molecule has 4 aliphatic carbocycles. The van der Waals surface area contributed by atoms with Gasteiger partial charge in [0.15, 0.2) is 0 Å². The van der Waals surface area contributed by atoms with Crippen molar-refractivity contribution in [3.05, 3.63) is 84.0 Å². The Kier molecular flexibility index (Phi) is 10.9. The smallest absolute Gasteiger partial charge is 0.111 e. The van der Waals surface area contributed by atoms with Gasteiger partial charge in [-0.2, -0.15) is 0 Å². The minimum absolute atomic E-state index is 0.0470. The third-order valence-corrected chi connectivity index (χ3v) is 9.47. The molecule has 14 heteroatoms. The fraction of sp³-hybridized carbons (Fsp3) is 0.562. The van der Waals surface area contributed by atoms with Crippen LogP contribution in [-0.2, 0) is 13.1 Å². The Morgan fingerprint density at radius 3 is 0.891 bits per heavy atom. The summed E-state index contributed by atoms with van der Waals surface area (Å²) >= 11 is 0. The van der Waals surface area contributed by atoms with E-state index >= 15 is 0 Å². The quantitative estimate of drug-likeness (QED) is 0.119. The van der Waals surface area contributed by atoms with Crippen LogP contribution in [0.4, 0.5) is 0 Å². The maximum atomic E-state index is 10.9. The van der Waals surface area contributed by atoms with E-state index in [1.165, 1.54) is 48.6 Å². The van der Waals surface area contributed by atoms with Crippen molar-refractivity contribution in [1.29, 1.82) is 0 Å². The highest BCUT2D eigenvalue weighted by Gasteiger charge is 2.45. The van der Waals surface area contributed by atoms with Gasteiger partial charge in [-0.15, -0.1) is 0 Å². The van der Waals surface area contributed by atoms with E-state index in [9.17, 15) is 61.3 Å². The molecule has 4 aliphatic rings. The van der Waals surface area contributed by atoms with Gasteiger partial charge in [-0.05, 0) is 11.1 Å². The molecular formula is C32H44N2O12. The van der Waals surface area contributed by atoms with Crippen LogP contribution in [0.15, 0.2) is 72.9 Å². The zero-order chi connectivity index (χ0) is 33.4. The zero-order valence-electron chi connectivity index (χ0n) is 24.8. The molecule has 0 bridgehead atoms. The Labute approximate surface area is 265 Å². The maximum absolute atomic E-state index is 10.9. The monoisotopic (exact) mass is 648 g/mol. The second-order valence-electron chi connectivity index (χ2n) is 12.6. The molecule has 0 saturated heterocycles. The van der Waals surface area contributed by atoms with Crippen LogP contribution in [0.1, 0.15) is 11.1 Å². The average Bonchev–Trinajstić information content (AvgIpc) is 3.03. The van der Waals surface area contributed by atoms with E-state index in [2.05, 4.69) is 0 Å². The summed E-state index contributed by atoms with van der Waals surface area (Å²) in [5, 5.41) is 126. The number of nitrogens with zero attached hydrogens (tertiary/aromatic N) is 2. The fourth-order valence-electron chi connectivity index (χ4n) is 6.73. The molecule has 5 rings (SSSR count). The van der Waals surface area contributed by atoms with E-state index in [4.69, 9.17) is 0 Å². The summed E-state index contributed by atoms with van der Waals surface area (Å²) < 4.78 is 0. The lowest BCUT2D eigenvalue weighted by Gasteiger charge is -2.45. The molecular weight excluding hydrogens is 604 g/mol. The lowest BCUT2D eigenvalue weighted by Crippen LogP contribution is -2.61. The third-order valence-electron chi connectivity index (χ3n) is 9.47. The largest absolute Gasteiger partial charge is 0.388 e. The summed E-state index contributed by atoms with van der Waals surface area (Å²) in [4.78, 5) is 3.25. The van der Waals surface area contributed by atoms with Crippen LogP contribution in [0.3, 0.4) is 0 Å². The lowest BCUT2D eigenvalue weighted by molar-refractivity contribution is -0.111. The van der Waals surface area contributed by atoms with Crippen LogP contribution in [-0.4, -0.2) is 168 Å². The molecule has 12 N–H and O–H groups in total. The van der Waals surface area contributed by atoms with Crippen molar-refractivity contribution < 1.29 is 61.3 Å². The second-order valence-corrected chi connectivity index (χ2v) is 12.6. The van der Waals surface area contributed by atoms with E-state index < -0.39 is 97.4 Å². The van der Waals surface area contributed by atoms with Crippen molar-refractivity contribution in [2.24, 2.45) is 0 Å². The average molecular weight is 649 g/mol. The van der Waals surface area contributed by atoms with Crippen molar-refractivity contribution in [2.75, 3.05) is 0 Å². The van der Waals surface area contributed by atoms with E-state index in [-0.39, 0.29) is 13.1 Å². The molecule has 254 valence electrons. The first-order valence-corrected chi connectivity index (χ1v) is 15.3. The van der Waals surface area contributed by atoms with E-state index in [0.29, 0.717) is 11.1 Å². The van der Waals surface area contributed by atoms with Gasteiger partial charge in [0.1, 0.15) is 73.2 Å². The van der Waals surface area contributed by atoms with Gasteiger partial charge in [0.05, 0.1) is 24.2 Å². The van der Waals surface area contributed by atoms with Gasteiger partial charge in [0.25, 0.3) is 0 Å². The van der Waals surface area contributed by atoms with Crippen LogP contribution in [0.5, 0.6) is 0 Å². The number of rotatable bonds is 8. The summed E-state index contributed by atoms with van der Waals surface area (Å²) in [6.45, 7) is 0.0939. The number of hydrogen-bond donors (Lipinski definition) is 12. The molecule has 0 aliphatic heterocycles. The van der Waals surface area contributed by atoms with Gasteiger partial charge in [-0.25, -0.2) is 0 Å². The molecule has 1 aromatic rings. The van der Waals surface area contributed by atoms with Gasteiger partial charge >= 0.3 is 0 Å². The molecule has 0 aromatic heterocycles. The molecule has 1 aromatic carbocycles. The van der Waals surface area contributed by atoms with E-state index in [1.807, 2.05) is 0 Å². The zero-order valence-corrected chi connectivity index (χ0v) is 24.8. The minimum Gasteiger partial charge on any atom is -0.388 e. The molecule has 0 heterocycles. The highest BCUT2D eigenvalue weighted by molar-refractivity contribution is 5.27. The Morgan fingerprint density at radius 1 is 0.370 bits per heavy atom. The Bertz CT molecular complexity index is 1140. The highest BCUT2D eigenvalue weighted by Crippen LogP contribution is 2.31. The molecule has 0 spiro atoms. The maximum Gasteiger partial charge on any atom is 0.111 e. The van der Waals surface area contributed by atoms with E-state index in [1.54, 1.807) is 34.1 Å². The van der Waals surface area contributed by atoms with E-state index in [0.717, 1.165) is 0 Å². The molecule has 46 heavy (non-hydrogen) atoms. The van der Waals surface area contributed by atoms with Gasteiger partial charge < -0.3 is 61.3 Å². The first-order valence-electron chi connectivity index (χ1n) is 15.3. The highest BCUT2D eigenvalue weighted by atomic mass is 16.4. The molecule has 0 radical (unpaired) electrons. The summed E-state index contributed by atoms with van der Waals surface area (Å²) in [5.41, 5.74) is 1.29. The van der Waals surface area contributed by atoms with Gasteiger partial charge in [-0.3, -0.25) is 9.80 Å². The topological polar surface area (TPSA) is 249 Å². The normalized spacial score (nSPS) is 44.3. The third kappa shape index (κ3) is 6.92. The van der Waals surface area contributed by atoms with Gasteiger partial charge in [0.2, 0.25) is 0 Å². The Balaban J connectivity index is 1.47. The Hall–Kier alpha value is -2.38. The fourth-order valence-corrected chi connectivity index (χ4v) is 6.73. The minimum atomic E-state index is -1.52. The summed E-state index contributed by atoms with van der Waals surface area (Å²) in [6.07, 6.45) is -5.89. The van der Waals surface area contributed by atoms with Crippen molar-refractivity contribution in [1.82, 2.24) is 9.80 Å². The number of benzene rings is 1. The van der Waals surface area contributed by atoms with Crippen LogP contribution in [0, 0.1) is 0 Å². The summed E-state index contributed by atoms with van der Waals surface area (Å²) in [7, 11) is 0. The number of aliphatic hydroxyl groups excluding tert-OH is 12. The molecule has 0 saturated carbocycles. The first-order chi connectivity index (χ1) is 21.8. The molecule has 16 atom stereocenters. The standard InChI is InChI=1S/C32H44N2O12/c35-21-8-4-17(25(39)29(21)43)33(18-5-9-22(36)30(44)26(18)40)13-15-2-1-3-16(12-15)14-34(19-6-10-23(37)31(45)27(19)41)20-7-11-24(38)32(46)28(20)42/h1-12,17-32,35-46H,13-14H2/t17-,18-,19-,20-,21+,22+,23+,24+,25+,26+,27+,28+,29+,30+,31+,32+/m0/s1. The van der Waals surface area contributed by atoms with Crippen molar-refractivity contribution in [3.8, 4) is 0 Å². The molecule has 0 fully saturated rings. The van der Waals surface area contributed by atoms with Crippen molar-refractivity contribution in [3.63, 3.8) is 0 Å². The second kappa shape index (κ2) is 14.4. The number of aliphatic hydroxyl groups is 12. The van der Waals surface area contributed by atoms with Crippen LogP contribution >= 0.6 is 0 Å². The van der Waals surface area contributed by atoms with Crippen LogP contribution in [0.2, 0.25) is 0 Å². The molecule has 0 unspecified atom stereocenters. The lowest BCUT2D eigenvalue weighted by atomic mass is 9.87. The summed E-state index contributed by atoms with van der Waals surface area (Å²) in [5.74, 6) is 0. The van der Waals surface area contributed by atoms with Gasteiger partial charge in [0, 0.05) is 13.1 Å².